The van der Waals surface area contributed by atoms with Crippen LogP contribution in [0, 0.1) is 32.6 Å². The monoisotopic (exact) mass is 1130 g/mol. The van der Waals surface area contributed by atoms with Crippen LogP contribution in [0.1, 0.15) is 87.8 Å². The van der Waals surface area contributed by atoms with Crippen LogP contribution < -0.4 is 31.1 Å². The van der Waals surface area contributed by atoms with Crippen LogP contribution in [0.15, 0.2) is 48.5 Å². The van der Waals surface area contributed by atoms with Crippen LogP contribution in [0.25, 0.3) is 11.3 Å². The Hall–Kier alpha value is -5.94. The molecule has 16 nitrogen and oxygen atoms in total. The zero-order valence-corrected chi connectivity index (χ0v) is 46.0. The molecule has 2 saturated carbocycles. The molecule has 4 N–H and O–H groups in total. The molecule has 2 aromatic heterocycles. The maximum absolute atomic E-state index is 13.8. The zero-order chi connectivity index (χ0) is 56.5. The van der Waals surface area contributed by atoms with Gasteiger partial charge in [-0.1, -0.05) is 37.1 Å². The molecule has 6 heterocycles. The van der Waals surface area contributed by atoms with E-state index in [0.29, 0.717) is 130 Å². The third-order valence-corrected chi connectivity index (χ3v) is 15.5. The molecule has 2 aliphatic carbocycles. The Balaban J connectivity index is 0.000000167. The first-order chi connectivity index (χ1) is 37.6. The van der Waals surface area contributed by atoms with Crippen molar-refractivity contribution in [1.29, 1.82) is 0 Å². The summed E-state index contributed by atoms with van der Waals surface area (Å²) in [6, 6.07) is 13.7. The van der Waals surface area contributed by atoms with E-state index >= 15 is 0 Å². The number of benzene rings is 2. The van der Waals surface area contributed by atoms with E-state index in [1.165, 1.54) is 4.90 Å². The second-order valence-electron chi connectivity index (χ2n) is 21.5. The van der Waals surface area contributed by atoms with E-state index in [1.807, 2.05) is 67.0 Å². The number of anilines is 6. The van der Waals surface area contributed by atoms with Crippen molar-refractivity contribution in [2.45, 2.75) is 122 Å². The Morgan fingerprint density at radius 1 is 0.633 bits per heavy atom. The highest BCUT2D eigenvalue weighted by molar-refractivity contribution is 6.29. The summed E-state index contributed by atoms with van der Waals surface area (Å²) in [5, 5.41) is 12.4. The first kappa shape index (κ1) is 59.2. The molecule has 0 bridgehead atoms. The van der Waals surface area contributed by atoms with Gasteiger partial charge in [-0.05, 0) is 99.2 Å². The molecule has 4 aliphatic heterocycles. The molecule has 0 radical (unpaired) electrons. The molecule has 432 valence electrons. The second-order valence-corrected chi connectivity index (χ2v) is 21.9. The number of urea groups is 2. The number of carbonyl (C=O) groups is 2. The van der Waals surface area contributed by atoms with Crippen molar-refractivity contribution in [2.24, 2.45) is 11.8 Å². The van der Waals surface area contributed by atoms with E-state index in [0.717, 1.165) is 48.2 Å². The normalized spacial score (nSPS) is 22.6. The van der Waals surface area contributed by atoms with Crippen molar-refractivity contribution in [1.82, 2.24) is 29.7 Å². The van der Waals surface area contributed by atoms with Gasteiger partial charge in [-0.3, -0.25) is 0 Å². The number of alkyl halides is 7. The maximum atomic E-state index is 13.8. The third-order valence-electron chi connectivity index (χ3n) is 15.3. The van der Waals surface area contributed by atoms with E-state index in [9.17, 15) is 40.3 Å². The minimum Gasteiger partial charge on any atom is -0.378 e. The number of amides is 4. The molecule has 0 spiro atoms. The van der Waals surface area contributed by atoms with Crippen LogP contribution in [-0.4, -0.2) is 151 Å². The fourth-order valence-electron chi connectivity index (χ4n) is 10.6. The quantitative estimate of drug-likeness (QED) is 0.0831. The first-order valence-electron chi connectivity index (χ1n) is 27.3. The average molecular weight is 1130 g/mol. The predicted molar refractivity (Wildman–Crippen MR) is 292 cm³/mol. The molecule has 79 heavy (non-hydrogen) atoms. The van der Waals surface area contributed by atoms with Crippen molar-refractivity contribution in [3.63, 3.8) is 0 Å². The Labute approximate surface area is 461 Å². The van der Waals surface area contributed by atoms with Crippen molar-refractivity contribution in [3.05, 3.63) is 70.4 Å². The maximum Gasteiger partial charge on any atom is 0.389 e. The second kappa shape index (κ2) is 26.1. The molecule has 4 saturated heterocycles. The number of aryl methyl sites for hydroxylation is 3. The van der Waals surface area contributed by atoms with E-state index in [2.05, 4.69) is 48.0 Å². The van der Waals surface area contributed by atoms with Gasteiger partial charge in [-0.15, -0.1) is 0 Å². The summed E-state index contributed by atoms with van der Waals surface area (Å²) in [7, 11) is 0. The fourth-order valence-corrected chi connectivity index (χ4v) is 10.7. The molecule has 6 fully saturated rings. The van der Waals surface area contributed by atoms with Gasteiger partial charge in [-0.25, -0.2) is 37.1 Å². The van der Waals surface area contributed by atoms with Crippen molar-refractivity contribution < 1.29 is 49.8 Å². The predicted octanol–water partition coefficient (Wildman–Crippen LogP) is 11.8. The van der Waals surface area contributed by atoms with Gasteiger partial charge in [0.2, 0.25) is 23.7 Å². The summed E-state index contributed by atoms with van der Waals surface area (Å²) in [4.78, 5) is 50.4. The third kappa shape index (κ3) is 17.3. The number of likely N-dealkylation sites (tertiary alicyclic amines) is 2. The molecular formula is C55H72ClF7N12O4. The van der Waals surface area contributed by atoms with Gasteiger partial charge < -0.3 is 50.3 Å². The van der Waals surface area contributed by atoms with Crippen LogP contribution in [0.3, 0.4) is 0 Å². The molecule has 10 rings (SSSR count). The summed E-state index contributed by atoms with van der Waals surface area (Å²) in [6.07, 6.45) is -2.20. The number of aromatic nitrogens is 4. The lowest BCUT2D eigenvalue weighted by Gasteiger charge is -2.28. The lowest BCUT2D eigenvalue weighted by molar-refractivity contribution is -0.143. The van der Waals surface area contributed by atoms with E-state index < -0.39 is 30.4 Å². The lowest BCUT2D eigenvalue weighted by atomic mass is 10.0. The number of nitrogens with one attached hydrogen (secondary N) is 4. The molecular weight excluding hydrogens is 1060 g/mol. The Morgan fingerprint density at radius 2 is 1.13 bits per heavy atom. The molecule has 24 heteroatoms. The zero-order valence-electron chi connectivity index (χ0n) is 45.2. The number of nitrogens with zero attached hydrogens (tertiary/aromatic N) is 8. The van der Waals surface area contributed by atoms with E-state index in [1.54, 1.807) is 12.1 Å². The summed E-state index contributed by atoms with van der Waals surface area (Å²) in [5.74, 6) is -3.06. The smallest absolute Gasteiger partial charge is 0.378 e. The van der Waals surface area contributed by atoms with Crippen molar-refractivity contribution in [2.75, 3.05) is 110 Å². The van der Waals surface area contributed by atoms with Crippen LogP contribution in [0.5, 0.6) is 0 Å². The number of halogens is 8. The Kier molecular flexibility index (Phi) is 19.6. The Morgan fingerprint density at radius 3 is 1.62 bits per heavy atom. The molecule has 4 amide bonds. The highest BCUT2D eigenvalue weighted by Crippen LogP contribution is 2.39. The van der Waals surface area contributed by atoms with Gasteiger partial charge in [0, 0.05) is 126 Å². The molecule has 4 atom stereocenters. The van der Waals surface area contributed by atoms with Crippen molar-refractivity contribution in [3.8, 4) is 11.3 Å². The summed E-state index contributed by atoms with van der Waals surface area (Å²) in [5.41, 5.74) is 6.09. The molecule has 2 aromatic carbocycles. The van der Waals surface area contributed by atoms with Crippen LogP contribution in [0.4, 0.5) is 75.2 Å². The fraction of sp³-hybridized carbons (Fsp3) is 0.600. The number of hydrogen-bond donors (Lipinski definition) is 4. The number of carbonyl (C=O) groups excluding carboxylic acids is 2. The van der Waals surface area contributed by atoms with Gasteiger partial charge in [0.1, 0.15) is 16.8 Å². The topological polar surface area (TPSA) is 165 Å². The van der Waals surface area contributed by atoms with Gasteiger partial charge in [-0.2, -0.15) is 23.1 Å². The van der Waals surface area contributed by atoms with Gasteiger partial charge in [0.25, 0.3) is 0 Å². The lowest BCUT2D eigenvalue weighted by Crippen LogP contribution is -2.37. The van der Waals surface area contributed by atoms with Crippen molar-refractivity contribution >= 4 is 58.6 Å². The van der Waals surface area contributed by atoms with Gasteiger partial charge in [0.15, 0.2) is 0 Å². The highest BCUT2D eigenvalue weighted by Gasteiger charge is 2.41. The summed E-state index contributed by atoms with van der Waals surface area (Å²) in [6.45, 7) is 15.3. The van der Waals surface area contributed by atoms with Gasteiger partial charge in [0.05, 0.1) is 32.1 Å². The molecule has 4 aromatic rings. The van der Waals surface area contributed by atoms with Crippen LogP contribution >= 0.6 is 11.6 Å². The Bertz CT molecular complexity index is 2720. The van der Waals surface area contributed by atoms with Gasteiger partial charge >= 0.3 is 18.2 Å². The molecule has 2 unspecified atom stereocenters. The summed E-state index contributed by atoms with van der Waals surface area (Å²) >= 11 is 6.01. The average Bonchev–Trinajstić information content (AvgIpc) is 4.25. The minimum absolute atomic E-state index is 0.0835. The van der Waals surface area contributed by atoms with E-state index in [-0.39, 0.29) is 56.4 Å². The van der Waals surface area contributed by atoms with Crippen LogP contribution in [-0.2, 0) is 9.47 Å². The standard InChI is InChI=1S/C27H36F2N6O2.C15H19F3N2O.C13H17ClF2N4O/c1-3-19-7-9-35(17-19)26(36)31-20-5-4-18(2)22(14-20)23-15-24(30-21-6-8-27(28,29)16-21)33-25(32-23)34-10-12-37-13-11-34;1-10-3-4-13(7-11(10)2)19-14(21)20-6-5-12(9-20)8-15(16,17)18;14-10-7-11(17-9-1-2-13(15,16)8-9)19-12(18-10)20-3-5-21-6-4-20/h4-5,14-15,19,21H,3,6-13,16-17H2,1-2H3,(H,31,36)(H,30,32,33);3-4,7,12H,5-6,8-9H2,1-2H3,(H,19,21);7,9H,1-6,8H2,(H,17,18,19)/t19-,21?;12-;/m10./s1. The highest BCUT2D eigenvalue weighted by atomic mass is 35.5. The largest absolute Gasteiger partial charge is 0.389 e. The van der Waals surface area contributed by atoms with E-state index in [4.69, 9.17) is 26.1 Å². The number of morpholine rings is 2. The van der Waals surface area contributed by atoms with Crippen LogP contribution in [0.2, 0.25) is 5.15 Å². The number of hydrogen-bond acceptors (Lipinski definition) is 12. The first-order valence-corrected chi connectivity index (χ1v) is 27.7. The summed E-state index contributed by atoms with van der Waals surface area (Å²) < 4.78 is 102. The number of rotatable bonds is 11. The minimum atomic E-state index is -4.16. The number of ether oxygens (including phenoxy) is 2. The SMILES string of the molecule is CC[C@@H]1CCN(C(=O)Nc2ccc(C)c(-c3cc(NC4CCC(F)(F)C4)nc(N4CCOCC4)n3)c2)C1.Cc1ccc(NC(=O)N2CC[C@@H](CC(F)(F)F)C2)cc1C.FC1(F)CCC(Nc2cc(Cl)nc(N3CCOCC3)n2)C1. The molecule has 6 aliphatic rings.